The number of nitrogens with zero attached hydrogens (tertiary/aromatic N) is 1. The summed E-state index contributed by atoms with van der Waals surface area (Å²) in [5, 5.41) is 3.32. The van der Waals surface area contributed by atoms with E-state index in [-0.39, 0.29) is 16.7 Å². The molecule has 1 amide bonds. The molecule has 18 heavy (non-hydrogen) atoms. The fraction of sp³-hybridized carbons (Fsp3) is 0.571. The summed E-state index contributed by atoms with van der Waals surface area (Å²) >= 11 is 5.76. The molecule has 1 heterocycles. The van der Waals surface area contributed by atoms with E-state index in [0.717, 1.165) is 0 Å². The maximum absolute atomic E-state index is 12.0. The molecule has 0 spiro atoms. The summed E-state index contributed by atoms with van der Waals surface area (Å²) in [6.45, 7) is 9.68. The molecule has 1 saturated carbocycles. The highest BCUT2D eigenvalue weighted by Gasteiger charge is 2.64. The van der Waals surface area contributed by atoms with Gasteiger partial charge in [-0.15, -0.1) is 0 Å². The molecule has 1 aromatic heterocycles. The highest BCUT2D eigenvalue weighted by atomic mass is 35.5. The number of hydrogen-bond donors (Lipinski definition) is 1. The molecule has 4 heteroatoms. The van der Waals surface area contributed by atoms with Gasteiger partial charge in [-0.2, -0.15) is 0 Å². The van der Waals surface area contributed by atoms with E-state index in [1.54, 1.807) is 18.3 Å². The van der Waals surface area contributed by atoms with Crippen molar-refractivity contribution in [3.8, 4) is 0 Å². The second-order valence-corrected chi connectivity index (χ2v) is 6.46. The zero-order chi connectivity index (χ0) is 13.6. The van der Waals surface area contributed by atoms with E-state index in [9.17, 15) is 4.79 Å². The third-order valence-electron chi connectivity index (χ3n) is 4.78. The number of rotatable bonds is 3. The first-order valence-electron chi connectivity index (χ1n) is 6.16. The van der Waals surface area contributed by atoms with Gasteiger partial charge >= 0.3 is 0 Å². The quantitative estimate of drug-likeness (QED) is 0.854. The molecular weight excluding hydrogens is 248 g/mol. The van der Waals surface area contributed by atoms with E-state index >= 15 is 0 Å². The van der Waals surface area contributed by atoms with Crippen LogP contribution < -0.4 is 5.32 Å². The Morgan fingerprint density at radius 2 is 2.00 bits per heavy atom. The van der Waals surface area contributed by atoms with Crippen LogP contribution in [0.15, 0.2) is 18.3 Å². The van der Waals surface area contributed by atoms with Crippen molar-refractivity contribution in [3.63, 3.8) is 0 Å². The molecule has 0 bridgehead atoms. The minimum Gasteiger partial charge on any atom is -0.352 e. The van der Waals surface area contributed by atoms with Crippen molar-refractivity contribution >= 4 is 17.5 Å². The summed E-state index contributed by atoms with van der Waals surface area (Å²) in [7, 11) is 0. The highest BCUT2D eigenvalue weighted by molar-refractivity contribution is 6.29. The van der Waals surface area contributed by atoms with Crippen LogP contribution >= 0.6 is 11.6 Å². The summed E-state index contributed by atoms with van der Waals surface area (Å²) in [6, 6.07) is 3.25. The van der Waals surface area contributed by atoms with Crippen LogP contribution in [0.5, 0.6) is 0 Å². The van der Waals surface area contributed by atoms with Crippen LogP contribution in [0.4, 0.5) is 0 Å². The number of amides is 1. The Kier molecular flexibility index (Phi) is 3.14. The van der Waals surface area contributed by atoms with Gasteiger partial charge in [0.15, 0.2) is 0 Å². The van der Waals surface area contributed by atoms with Crippen LogP contribution in [0, 0.1) is 16.7 Å². The van der Waals surface area contributed by atoms with Gasteiger partial charge in [-0.1, -0.05) is 39.3 Å². The summed E-state index contributed by atoms with van der Waals surface area (Å²) in [5.41, 5.74) is 1.14. The van der Waals surface area contributed by atoms with Crippen LogP contribution in [-0.2, 0) is 0 Å². The molecule has 1 aromatic rings. The third-order valence-corrected chi connectivity index (χ3v) is 4.98. The van der Waals surface area contributed by atoms with Gasteiger partial charge in [0.2, 0.25) is 0 Å². The predicted octanol–water partition coefficient (Wildman–Crippen LogP) is 3.15. The number of carbonyl (C=O) groups excluding carboxylic acids is 1. The van der Waals surface area contributed by atoms with E-state index in [0.29, 0.717) is 23.2 Å². The zero-order valence-corrected chi connectivity index (χ0v) is 12.0. The monoisotopic (exact) mass is 266 g/mol. The minimum atomic E-state index is -0.0854. The molecule has 1 aliphatic rings. The smallest absolute Gasteiger partial charge is 0.251 e. The second kappa shape index (κ2) is 4.23. The van der Waals surface area contributed by atoms with Gasteiger partial charge in [0.05, 0.1) is 0 Å². The van der Waals surface area contributed by atoms with Crippen molar-refractivity contribution in [2.75, 3.05) is 6.54 Å². The molecule has 3 nitrogen and oxygen atoms in total. The average Bonchev–Trinajstić information content (AvgIpc) is 2.66. The molecule has 0 saturated heterocycles. The van der Waals surface area contributed by atoms with Crippen LogP contribution in [0.2, 0.25) is 5.15 Å². The number of hydrogen-bond acceptors (Lipinski definition) is 2. The first-order chi connectivity index (χ1) is 8.26. The molecule has 2 rings (SSSR count). The molecule has 0 atom stereocenters. The highest BCUT2D eigenvalue weighted by Crippen LogP contribution is 2.67. The van der Waals surface area contributed by atoms with Crippen molar-refractivity contribution in [2.45, 2.75) is 27.7 Å². The standard InChI is InChI=1S/C14H19ClN2O/c1-13(2)10(14(13,3)4)8-17-12(18)9-5-6-16-11(15)7-9/h5-7,10H,8H2,1-4H3,(H,17,18). The zero-order valence-electron chi connectivity index (χ0n) is 11.2. The van der Waals surface area contributed by atoms with Crippen molar-refractivity contribution in [1.82, 2.24) is 10.3 Å². The molecule has 0 radical (unpaired) electrons. The van der Waals surface area contributed by atoms with Gasteiger partial charge in [0.1, 0.15) is 5.15 Å². The Hall–Kier alpha value is -1.09. The molecule has 0 unspecified atom stereocenters. The van der Waals surface area contributed by atoms with Crippen LogP contribution in [-0.4, -0.2) is 17.4 Å². The lowest BCUT2D eigenvalue weighted by Crippen LogP contribution is -2.27. The third kappa shape index (κ3) is 2.12. The van der Waals surface area contributed by atoms with Gasteiger partial charge < -0.3 is 5.32 Å². The second-order valence-electron chi connectivity index (χ2n) is 6.07. The largest absolute Gasteiger partial charge is 0.352 e. The first kappa shape index (κ1) is 13.3. The summed E-state index contributed by atoms with van der Waals surface area (Å²) < 4.78 is 0. The van der Waals surface area contributed by atoms with Crippen LogP contribution in [0.3, 0.4) is 0 Å². The lowest BCUT2D eigenvalue weighted by atomic mass is 10.0. The lowest BCUT2D eigenvalue weighted by molar-refractivity contribution is 0.0950. The molecule has 1 aliphatic carbocycles. The Labute approximate surface area is 113 Å². The van der Waals surface area contributed by atoms with E-state index in [1.807, 2.05) is 0 Å². The fourth-order valence-electron chi connectivity index (χ4n) is 2.68. The number of pyridine rings is 1. The number of aromatic nitrogens is 1. The lowest BCUT2D eigenvalue weighted by Gasteiger charge is -2.06. The van der Waals surface area contributed by atoms with Gasteiger partial charge in [-0.3, -0.25) is 4.79 Å². The van der Waals surface area contributed by atoms with E-state index in [2.05, 4.69) is 38.0 Å². The fourth-order valence-corrected chi connectivity index (χ4v) is 2.86. The Balaban J connectivity index is 1.95. The Bertz CT molecular complexity index is 468. The maximum Gasteiger partial charge on any atom is 0.251 e. The Morgan fingerprint density at radius 1 is 1.39 bits per heavy atom. The molecule has 1 N–H and O–H groups in total. The molecule has 98 valence electrons. The van der Waals surface area contributed by atoms with Gasteiger partial charge in [-0.05, 0) is 28.9 Å². The predicted molar refractivity (Wildman–Crippen MR) is 72.6 cm³/mol. The number of halogens is 1. The minimum absolute atomic E-state index is 0.0854. The maximum atomic E-state index is 12.0. The van der Waals surface area contributed by atoms with Gasteiger partial charge in [0.25, 0.3) is 5.91 Å². The van der Waals surface area contributed by atoms with E-state index < -0.39 is 0 Å². The van der Waals surface area contributed by atoms with Crippen LogP contribution in [0.25, 0.3) is 0 Å². The average molecular weight is 267 g/mol. The SMILES string of the molecule is CC1(C)C(CNC(=O)c2ccnc(Cl)c2)C1(C)C. The molecule has 0 aromatic carbocycles. The van der Waals surface area contributed by atoms with Crippen molar-refractivity contribution in [3.05, 3.63) is 29.0 Å². The topological polar surface area (TPSA) is 42.0 Å². The van der Waals surface area contributed by atoms with E-state index in [4.69, 9.17) is 11.6 Å². The molecule has 1 fully saturated rings. The van der Waals surface area contributed by atoms with Gasteiger partial charge in [0, 0.05) is 18.3 Å². The summed E-state index contributed by atoms with van der Waals surface area (Å²) in [6.07, 6.45) is 1.54. The normalized spacial score (nSPS) is 20.5. The van der Waals surface area contributed by atoms with Gasteiger partial charge in [-0.25, -0.2) is 4.98 Å². The number of nitrogens with one attached hydrogen (secondary N) is 1. The first-order valence-corrected chi connectivity index (χ1v) is 6.54. The van der Waals surface area contributed by atoms with Crippen molar-refractivity contribution in [2.24, 2.45) is 16.7 Å². The molecule has 0 aliphatic heterocycles. The van der Waals surface area contributed by atoms with E-state index in [1.165, 1.54) is 0 Å². The summed E-state index contributed by atoms with van der Waals surface area (Å²) in [5.74, 6) is 0.434. The van der Waals surface area contributed by atoms with Crippen molar-refractivity contribution in [1.29, 1.82) is 0 Å². The Morgan fingerprint density at radius 3 is 2.50 bits per heavy atom. The van der Waals surface area contributed by atoms with Crippen molar-refractivity contribution < 1.29 is 4.79 Å². The number of carbonyl (C=O) groups is 1. The van der Waals surface area contributed by atoms with Crippen LogP contribution in [0.1, 0.15) is 38.1 Å². The summed E-state index contributed by atoms with van der Waals surface area (Å²) in [4.78, 5) is 15.8. The molecular formula is C14H19ClN2O.